The van der Waals surface area contributed by atoms with E-state index in [4.69, 9.17) is 9.90 Å². The normalized spacial score (nSPS) is 10.4. The van der Waals surface area contributed by atoms with E-state index in [9.17, 15) is 13.2 Å². The maximum atomic E-state index is 10.6. The first kappa shape index (κ1) is 16.1. The van der Waals surface area contributed by atoms with Crippen molar-refractivity contribution in [2.45, 2.75) is 11.1 Å². The van der Waals surface area contributed by atoms with E-state index in [1.807, 2.05) is 30.3 Å². The number of aliphatic carboxylic acids is 1. The van der Waals surface area contributed by atoms with Crippen LogP contribution in [0.2, 0.25) is 0 Å². The van der Waals surface area contributed by atoms with Gasteiger partial charge in [0.1, 0.15) is 0 Å². The Hall–Kier alpha value is -1.95. The van der Waals surface area contributed by atoms with Crippen molar-refractivity contribution in [3.63, 3.8) is 0 Å². The molecule has 2 aromatic rings. The van der Waals surface area contributed by atoms with E-state index >= 15 is 0 Å². The van der Waals surface area contributed by atoms with Crippen LogP contribution in [0.15, 0.2) is 59.5 Å². The molecule has 0 fully saturated rings. The van der Waals surface area contributed by atoms with Crippen molar-refractivity contribution in [2.24, 2.45) is 0 Å². The summed E-state index contributed by atoms with van der Waals surface area (Å²) in [5.41, 5.74) is 2.48. The number of carbonyl (C=O) groups is 1. The predicted molar refractivity (Wildman–Crippen MR) is 72.8 cm³/mol. The third-order valence-corrected chi connectivity index (χ3v) is 2.52. The number of hydrogen-bond donors (Lipinski definition) is 2. The summed E-state index contributed by atoms with van der Waals surface area (Å²) >= 11 is 4.24. The average molecular weight is 300 g/mol. The predicted octanol–water partition coefficient (Wildman–Crippen LogP) is 4.28. The Kier molecular flexibility index (Phi) is 5.64. The van der Waals surface area contributed by atoms with Crippen molar-refractivity contribution in [1.29, 1.82) is 0 Å². The van der Waals surface area contributed by atoms with Crippen LogP contribution in [0.1, 0.15) is 0 Å². The van der Waals surface area contributed by atoms with Crippen molar-refractivity contribution in [2.75, 3.05) is 0 Å². The van der Waals surface area contributed by atoms with Gasteiger partial charge < -0.3 is 5.11 Å². The van der Waals surface area contributed by atoms with Gasteiger partial charge in [0.2, 0.25) is 0 Å². The number of rotatable bonds is 1. The molecule has 0 heterocycles. The number of carboxylic acids is 1. The van der Waals surface area contributed by atoms with E-state index in [0.29, 0.717) is 0 Å². The van der Waals surface area contributed by atoms with Crippen molar-refractivity contribution < 1.29 is 23.1 Å². The smallest absolute Gasteiger partial charge is 0.475 e. The number of carboxylic acid groups (broad SMARTS) is 1. The molecule has 0 bridgehead atoms. The van der Waals surface area contributed by atoms with Crippen LogP contribution in [0, 0.1) is 0 Å². The zero-order valence-corrected chi connectivity index (χ0v) is 11.0. The molecule has 1 N–H and O–H groups in total. The highest BCUT2D eigenvalue weighted by atomic mass is 32.1. The molecule has 0 radical (unpaired) electrons. The zero-order chi connectivity index (χ0) is 15.2. The second-order valence-corrected chi connectivity index (χ2v) is 4.23. The lowest BCUT2D eigenvalue weighted by atomic mass is 10.1. The molecule has 6 heteroatoms. The van der Waals surface area contributed by atoms with Gasteiger partial charge in [0.25, 0.3) is 0 Å². The molecular weight excluding hydrogens is 289 g/mol. The molecule has 2 aromatic carbocycles. The molecule has 2 rings (SSSR count). The summed E-state index contributed by atoms with van der Waals surface area (Å²) in [5.74, 6) is -2.76. The molecule has 0 atom stereocenters. The summed E-state index contributed by atoms with van der Waals surface area (Å²) < 4.78 is 31.7. The fourth-order valence-electron chi connectivity index (χ4n) is 1.28. The van der Waals surface area contributed by atoms with E-state index < -0.39 is 12.1 Å². The fourth-order valence-corrected chi connectivity index (χ4v) is 1.43. The summed E-state index contributed by atoms with van der Waals surface area (Å²) in [6.45, 7) is 0. The molecule has 0 amide bonds. The number of benzene rings is 2. The Bertz CT molecular complexity index is 551. The summed E-state index contributed by atoms with van der Waals surface area (Å²) in [6.07, 6.45) is -5.08. The molecule has 0 saturated carbocycles. The van der Waals surface area contributed by atoms with Gasteiger partial charge in [-0.05, 0) is 23.3 Å². The van der Waals surface area contributed by atoms with Crippen LogP contribution in [0.25, 0.3) is 11.1 Å². The minimum Gasteiger partial charge on any atom is -0.475 e. The van der Waals surface area contributed by atoms with E-state index in [1.54, 1.807) is 0 Å². The molecule has 0 aliphatic heterocycles. The van der Waals surface area contributed by atoms with Crippen LogP contribution in [0.5, 0.6) is 0 Å². The van der Waals surface area contributed by atoms with Gasteiger partial charge in [0.15, 0.2) is 0 Å². The molecule has 0 aromatic heterocycles. The van der Waals surface area contributed by atoms with Crippen LogP contribution < -0.4 is 0 Å². The largest absolute Gasteiger partial charge is 0.490 e. The quantitative estimate of drug-likeness (QED) is 0.772. The molecule has 0 saturated heterocycles. The monoisotopic (exact) mass is 300 g/mol. The fraction of sp³-hybridized carbons (Fsp3) is 0.0714. The van der Waals surface area contributed by atoms with Gasteiger partial charge in [-0.3, -0.25) is 0 Å². The number of thiol groups is 1. The van der Waals surface area contributed by atoms with E-state index in [1.165, 1.54) is 11.1 Å². The molecule has 20 heavy (non-hydrogen) atoms. The molecule has 106 valence electrons. The number of hydrogen-bond acceptors (Lipinski definition) is 2. The Morgan fingerprint density at radius 1 is 0.900 bits per heavy atom. The van der Waals surface area contributed by atoms with Gasteiger partial charge in [-0.15, -0.1) is 12.6 Å². The maximum absolute atomic E-state index is 10.6. The van der Waals surface area contributed by atoms with Gasteiger partial charge >= 0.3 is 12.1 Å². The second-order valence-electron chi connectivity index (χ2n) is 3.72. The van der Waals surface area contributed by atoms with Gasteiger partial charge in [-0.1, -0.05) is 42.5 Å². The van der Waals surface area contributed by atoms with Gasteiger partial charge in [-0.2, -0.15) is 13.2 Å². The number of alkyl halides is 3. The topological polar surface area (TPSA) is 37.3 Å². The Morgan fingerprint density at radius 2 is 1.30 bits per heavy atom. The lowest BCUT2D eigenvalue weighted by Gasteiger charge is -2.00. The zero-order valence-electron chi connectivity index (χ0n) is 10.1. The van der Waals surface area contributed by atoms with Crippen molar-refractivity contribution >= 4 is 18.6 Å². The van der Waals surface area contributed by atoms with Crippen LogP contribution in [-0.2, 0) is 4.79 Å². The first-order valence-electron chi connectivity index (χ1n) is 5.45. The lowest BCUT2D eigenvalue weighted by Crippen LogP contribution is -2.21. The minimum absolute atomic E-state index is 1.000. The Balaban J connectivity index is 0.000000246. The number of halogens is 3. The van der Waals surface area contributed by atoms with Gasteiger partial charge in [-0.25, -0.2) is 4.79 Å². The molecule has 0 aliphatic carbocycles. The first-order valence-corrected chi connectivity index (χ1v) is 5.90. The van der Waals surface area contributed by atoms with E-state index in [2.05, 4.69) is 36.9 Å². The standard InChI is InChI=1S/C12H10S.C2HF3O2/c13-12-8-6-11(7-9-12)10-4-2-1-3-5-10;3-2(4,5)1(6)7/h1-9,13H;(H,6,7). The average Bonchev–Trinajstić information content (AvgIpc) is 2.40. The van der Waals surface area contributed by atoms with Crippen LogP contribution in [-0.4, -0.2) is 17.3 Å². The minimum atomic E-state index is -5.08. The summed E-state index contributed by atoms with van der Waals surface area (Å²) in [5, 5.41) is 7.12. The Morgan fingerprint density at radius 3 is 1.70 bits per heavy atom. The SMILES string of the molecule is O=C(O)C(F)(F)F.Sc1ccc(-c2ccccc2)cc1. The molecule has 0 aliphatic rings. The van der Waals surface area contributed by atoms with Crippen molar-refractivity contribution in [3.05, 3.63) is 54.6 Å². The third-order valence-electron chi connectivity index (χ3n) is 2.22. The Labute approximate surface area is 119 Å². The highest BCUT2D eigenvalue weighted by Gasteiger charge is 2.38. The maximum Gasteiger partial charge on any atom is 0.490 e. The second kappa shape index (κ2) is 7.00. The van der Waals surface area contributed by atoms with Crippen molar-refractivity contribution in [3.8, 4) is 11.1 Å². The summed E-state index contributed by atoms with van der Waals surface area (Å²) in [7, 11) is 0. The highest BCUT2D eigenvalue weighted by Crippen LogP contribution is 2.19. The lowest BCUT2D eigenvalue weighted by molar-refractivity contribution is -0.192. The molecule has 0 spiro atoms. The van der Waals surface area contributed by atoms with Gasteiger partial charge in [0.05, 0.1) is 0 Å². The molecular formula is C14H11F3O2S. The molecule has 2 nitrogen and oxygen atoms in total. The van der Waals surface area contributed by atoms with Gasteiger partial charge in [0, 0.05) is 4.90 Å². The third kappa shape index (κ3) is 5.36. The van der Waals surface area contributed by atoms with Crippen LogP contribution in [0.4, 0.5) is 13.2 Å². The van der Waals surface area contributed by atoms with E-state index in [-0.39, 0.29) is 0 Å². The summed E-state index contributed by atoms with van der Waals surface area (Å²) in [4.78, 5) is 9.90. The van der Waals surface area contributed by atoms with E-state index in [0.717, 1.165) is 4.90 Å². The summed E-state index contributed by atoms with van der Waals surface area (Å²) in [6, 6.07) is 18.5. The highest BCUT2D eigenvalue weighted by molar-refractivity contribution is 7.80. The first-order chi connectivity index (χ1) is 9.30. The van der Waals surface area contributed by atoms with Crippen molar-refractivity contribution in [1.82, 2.24) is 0 Å². The van der Waals surface area contributed by atoms with Crippen LogP contribution in [0.3, 0.4) is 0 Å². The van der Waals surface area contributed by atoms with Crippen LogP contribution >= 0.6 is 12.6 Å². The molecule has 0 unspecified atom stereocenters.